The molecule has 1 nitrogen and oxygen atoms in total. The summed E-state index contributed by atoms with van der Waals surface area (Å²) in [6.45, 7) is 2.02. The first-order chi connectivity index (χ1) is 13.2. The van der Waals surface area contributed by atoms with Gasteiger partial charge in [-0.05, 0) is 65.6 Å². The van der Waals surface area contributed by atoms with E-state index in [0.29, 0.717) is 18.4 Å². The Balaban J connectivity index is 1.66. The summed E-state index contributed by atoms with van der Waals surface area (Å²) in [5.74, 6) is -3.90. The number of hydrogen-bond donors (Lipinski definition) is 0. The molecule has 3 aromatic carbocycles. The van der Waals surface area contributed by atoms with Crippen molar-refractivity contribution in [3.63, 3.8) is 0 Å². The molecule has 0 N–H and O–H groups in total. The van der Waals surface area contributed by atoms with E-state index in [2.05, 4.69) is 16.9 Å². The van der Waals surface area contributed by atoms with Gasteiger partial charge in [0.1, 0.15) is 0 Å². The van der Waals surface area contributed by atoms with Crippen LogP contribution < -0.4 is 4.74 Å². The number of ether oxygens (including phenoxy) is 1. The van der Waals surface area contributed by atoms with Gasteiger partial charge in [0.15, 0.2) is 11.6 Å². The van der Waals surface area contributed by atoms with Crippen LogP contribution in [0.3, 0.4) is 0 Å². The minimum absolute atomic E-state index is 0.0476. The SMILES string of the molecule is Cc1ccc2cc(C3CCc4c(cc(F)c(OC(F)(F)F)c4F)C3)ccc2c1. The van der Waals surface area contributed by atoms with Gasteiger partial charge in [-0.3, -0.25) is 0 Å². The summed E-state index contributed by atoms with van der Waals surface area (Å²) < 4.78 is 69.3. The number of aryl methyl sites for hydroxylation is 1. The van der Waals surface area contributed by atoms with Crippen LogP contribution >= 0.6 is 0 Å². The van der Waals surface area contributed by atoms with Gasteiger partial charge in [0.05, 0.1) is 0 Å². The maximum atomic E-state index is 14.5. The molecule has 0 aromatic heterocycles. The van der Waals surface area contributed by atoms with Crippen molar-refractivity contribution in [3.8, 4) is 5.75 Å². The normalized spacial score (nSPS) is 16.9. The van der Waals surface area contributed by atoms with E-state index in [1.54, 1.807) is 0 Å². The summed E-state index contributed by atoms with van der Waals surface area (Å²) in [6, 6.07) is 13.2. The zero-order chi connectivity index (χ0) is 20.1. The van der Waals surface area contributed by atoms with E-state index in [9.17, 15) is 22.0 Å². The summed E-state index contributed by atoms with van der Waals surface area (Å²) in [5.41, 5.74) is 2.71. The molecule has 0 amide bonds. The molecule has 0 bridgehead atoms. The molecule has 3 aromatic rings. The Morgan fingerprint density at radius 3 is 2.43 bits per heavy atom. The highest BCUT2D eigenvalue weighted by molar-refractivity contribution is 5.84. The number of benzene rings is 3. The lowest BCUT2D eigenvalue weighted by Gasteiger charge is -2.26. The predicted molar refractivity (Wildman–Crippen MR) is 96.5 cm³/mol. The molecule has 0 fully saturated rings. The van der Waals surface area contributed by atoms with Crippen LogP contribution in [0, 0.1) is 18.6 Å². The van der Waals surface area contributed by atoms with E-state index in [1.165, 1.54) is 0 Å². The van der Waals surface area contributed by atoms with Crippen LogP contribution in [0.25, 0.3) is 10.8 Å². The summed E-state index contributed by atoms with van der Waals surface area (Å²) in [4.78, 5) is 0. The first-order valence-corrected chi connectivity index (χ1v) is 8.97. The van der Waals surface area contributed by atoms with Gasteiger partial charge in [-0.2, -0.15) is 0 Å². The van der Waals surface area contributed by atoms with Crippen LogP contribution in [-0.2, 0) is 12.8 Å². The van der Waals surface area contributed by atoms with Crippen LogP contribution in [0.5, 0.6) is 5.75 Å². The van der Waals surface area contributed by atoms with Crippen LogP contribution in [0.4, 0.5) is 22.0 Å². The van der Waals surface area contributed by atoms with Crippen LogP contribution in [0.15, 0.2) is 42.5 Å². The van der Waals surface area contributed by atoms with E-state index in [-0.39, 0.29) is 17.9 Å². The Kier molecular flexibility index (Phi) is 4.52. The largest absolute Gasteiger partial charge is 0.573 e. The molecule has 4 rings (SSSR count). The van der Waals surface area contributed by atoms with Crippen molar-refractivity contribution in [2.24, 2.45) is 0 Å². The molecular weight excluding hydrogens is 375 g/mol. The maximum Gasteiger partial charge on any atom is 0.573 e. The Labute approximate surface area is 158 Å². The lowest BCUT2D eigenvalue weighted by atomic mass is 9.79. The highest BCUT2D eigenvalue weighted by Gasteiger charge is 2.36. The molecule has 6 heteroatoms. The molecule has 28 heavy (non-hydrogen) atoms. The topological polar surface area (TPSA) is 9.23 Å². The maximum absolute atomic E-state index is 14.5. The van der Waals surface area contributed by atoms with Crippen molar-refractivity contribution < 1.29 is 26.7 Å². The van der Waals surface area contributed by atoms with Crippen molar-refractivity contribution in [2.45, 2.75) is 38.5 Å². The second kappa shape index (κ2) is 6.76. The summed E-state index contributed by atoms with van der Waals surface area (Å²) in [7, 11) is 0. The minimum Gasteiger partial charge on any atom is -0.399 e. The number of alkyl halides is 3. The van der Waals surface area contributed by atoms with E-state index in [0.717, 1.165) is 28.0 Å². The Hall–Kier alpha value is -2.63. The third-order valence-corrected chi connectivity index (χ3v) is 5.29. The molecule has 146 valence electrons. The van der Waals surface area contributed by atoms with Gasteiger partial charge in [-0.1, -0.05) is 42.0 Å². The highest BCUT2D eigenvalue weighted by Crippen LogP contribution is 2.39. The predicted octanol–water partition coefficient (Wildman–Crippen LogP) is 6.60. The summed E-state index contributed by atoms with van der Waals surface area (Å²) in [6.07, 6.45) is -3.98. The third-order valence-electron chi connectivity index (χ3n) is 5.29. The van der Waals surface area contributed by atoms with Gasteiger partial charge in [0.25, 0.3) is 0 Å². The molecule has 1 aliphatic carbocycles. The van der Waals surface area contributed by atoms with Gasteiger partial charge >= 0.3 is 6.36 Å². The van der Waals surface area contributed by atoms with Gasteiger partial charge in [0, 0.05) is 0 Å². The average Bonchev–Trinajstić information content (AvgIpc) is 2.63. The molecule has 0 spiro atoms. The van der Waals surface area contributed by atoms with Crippen molar-refractivity contribution in [1.29, 1.82) is 0 Å². The molecular formula is C22H17F5O. The fourth-order valence-electron chi connectivity index (χ4n) is 3.96. The first-order valence-electron chi connectivity index (χ1n) is 8.97. The van der Waals surface area contributed by atoms with Crippen LogP contribution in [0.2, 0.25) is 0 Å². The third kappa shape index (κ3) is 3.55. The van der Waals surface area contributed by atoms with Crippen molar-refractivity contribution in [3.05, 3.63) is 76.4 Å². The Morgan fingerprint density at radius 1 is 0.964 bits per heavy atom. The standard InChI is InChI=1S/C22H17F5O/c1-12-2-3-14-9-15(5-4-13(14)8-12)16-6-7-18-17(10-16)11-19(23)21(20(18)24)28-22(25,26)27/h2-5,8-9,11,16H,6-7,10H2,1H3. The van der Waals surface area contributed by atoms with E-state index in [4.69, 9.17) is 0 Å². The minimum atomic E-state index is -5.14. The Bertz CT molecular complexity index is 1050. The molecule has 1 aliphatic rings. The van der Waals surface area contributed by atoms with E-state index >= 15 is 0 Å². The number of halogens is 5. The van der Waals surface area contributed by atoms with Crippen molar-refractivity contribution >= 4 is 10.8 Å². The highest BCUT2D eigenvalue weighted by atomic mass is 19.4. The van der Waals surface area contributed by atoms with Gasteiger partial charge in [-0.25, -0.2) is 8.78 Å². The van der Waals surface area contributed by atoms with Crippen molar-refractivity contribution in [2.75, 3.05) is 0 Å². The second-order valence-electron chi connectivity index (χ2n) is 7.24. The smallest absolute Gasteiger partial charge is 0.399 e. The molecule has 0 radical (unpaired) electrons. The fourth-order valence-corrected chi connectivity index (χ4v) is 3.96. The second-order valence-corrected chi connectivity index (χ2v) is 7.24. The quantitative estimate of drug-likeness (QED) is 0.447. The number of fused-ring (bicyclic) bond motifs is 2. The summed E-state index contributed by atoms with van der Waals surface area (Å²) in [5, 5.41) is 2.20. The lowest BCUT2D eigenvalue weighted by Crippen LogP contribution is -2.21. The number of hydrogen-bond acceptors (Lipinski definition) is 1. The monoisotopic (exact) mass is 392 g/mol. The Morgan fingerprint density at radius 2 is 1.68 bits per heavy atom. The average molecular weight is 392 g/mol. The molecule has 0 saturated carbocycles. The first kappa shape index (κ1) is 18.7. The van der Waals surface area contributed by atoms with Gasteiger partial charge in [0.2, 0.25) is 5.75 Å². The molecule has 0 saturated heterocycles. The molecule has 1 unspecified atom stereocenters. The molecule has 0 heterocycles. The van der Waals surface area contributed by atoms with Crippen molar-refractivity contribution in [1.82, 2.24) is 0 Å². The van der Waals surface area contributed by atoms with Crippen LogP contribution in [-0.4, -0.2) is 6.36 Å². The van der Waals surface area contributed by atoms with Gasteiger partial charge in [-0.15, -0.1) is 13.2 Å². The fraction of sp³-hybridized carbons (Fsp3) is 0.273. The lowest BCUT2D eigenvalue weighted by molar-refractivity contribution is -0.276. The molecule has 0 aliphatic heterocycles. The zero-order valence-electron chi connectivity index (χ0n) is 15.0. The van der Waals surface area contributed by atoms with Crippen LogP contribution in [0.1, 0.15) is 34.6 Å². The summed E-state index contributed by atoms with van der Waals surface area (Å²) >= 11 is 0. The van der Waals surface area contributed by atoms with E-state index < -0.39 is 23.7 Å². The zero-order valence-corrected chi connectivity index (χ0v) is 15.0. The van der Waals surface area contributed by atoms with Gasteiger partial charge < -0.3 is 4.74 Å². The van der Waals surface area contributed by atoms with E-state index in [1.807, 2.05) is 31.2 Å². The number of rotatable bonds is 2. The molecule has 1 atom stereocenters.